The fraction of sp³-hybridized carbons (Fsp3) is 0.611. The average Bonchev–Trinajstić information content (AvgIpc) is 2.60. The predicted octanol–water partition coefficient (Wildman–Crippen LogP) is 4.04. The van der Waals surface area contributed by atoms with Gasteiger partial charge in [0.1, 0.15) is 5.54 Å². The van der Waals surface area contributed by atoms with Gasteiger partial charge in [-0.25, -0.2) is 0 Å². The normalized spacial score (nSPS) is 14.2. The third kappa shape index (κ3) is 7.05. The van der Waals surface area contributed by atoms with Gasteiger partial charge in [-0.15, -0.1) is 0 Å². The van der Waals surface area contributed by atoms with Crippen LogP contribution in [0, 0.1) is 0 Å². The van der Waals surface area contributed by atoms with Crippen LogP contribution in [-0.2, 0) is 0 Å². The monoisotopic (exact) mass is 408 g/mol. The van der Waals surface area contributed by atoms with Crippen molar-refractivity contribution in [1.82, 2.24) is 5.32 Å². The van der Waals surface area contributed by atoms with Crippen LogP contribution in [0.25, 0.3) is 0 Å². The number of hydrogen-bond acceptors (Lipinski definition) is 4. The molecule has 0 heterocycles. The predicted molar refractivity (Wildman–Crippen MR) is 107 cm³/mol. The number of nitrogens with zero attached hydrogens (tertiary/aromatic N) is 1. The number of aliphatic hydroxyl groups is 2. The summed E-state index contributed by atoms with van der Waals surface area (Å²) in [5.74, 6) is 0. The van der Waals surface area contributed by atoms with E-state index in [4.69, 9.17) is 34.8 Å². The van der Waals surface area contributed by atoms with Gasteiger partial charge in [-0.05, 0) is 30.5 Å². The number of aliphatic imine (C=N–C) groups is 1. The minimum absolute atomic E-state index is 0.203. The van der Waals surface area contributed by atoms with Crippen LogP contribution in [0.4, 0.5) is 0 Å². The molecule has 1 atom stereocenters. The average molecular weight is 410 g/mol. The lowest BCUT2D eigenvalue weighted by Crippen LogP contribution is -2.35. The van der Waals surface area contributed by atoms with Gasteiger partial charge in [0.15, 0.2) is 0 Å². The number of hydrogen-bond donors (Lipinski definition) is 3. The largest absolute Gasteiger partial charge is 0.394 e. The number of rotatable bonds is 10. The first-order chi connectivity index (χ1) is 11.8. The molecule has 1 aromatic rings. The lowest BCUT2D eigenvalue weighted by molar-refractivity contribution is 0.120. The van der Waals surface area contributed by atoms with Crippen LogP contribution in [0.2, 0.25) is 0 Å². The van der Waals surface area contributed by atoms with Crippen molar-refractivity contribution in [2.24, 2.45) is 4.99 Å². The molecule has 0 bridgehead atoms. The van der Waals surface area contributed by atoms with E-state index in [0.717, 1.165) is 30.5 Å². The van der Waals surface area contributed by atoms with Crippen LogP contribution in [0.1, 0.15) is 50.3 Å². The van der Waals surface area contributed by atoms with Gasteiger partial charge in [-0.1, -0.05) is 79.3 Å². The van der Waals surface area contributed by atoms with E-state index in [9.17, 15) is 10.2 Å². The zero-order chi connectivity index (χ0) is 18.9. The maximum absolute atomic E-state index is 9.44. The number of benzene rings is 1. The number of nitrogens with one attached hydrogen (secondary N) is 1. The Hall–Kier alpha value is -0.360. The van der Waals surface area contributed by atoms with Gasteiger partial charge < -0.3 is 15.5 Å². The van der Waals surface area contributed by atoms with Crippen LogP contribution in [0.5, 0.6) is 0 Å². The van der Waals surface area contributed by atoms with E-state index < -0.39 is 15.4 Å². The van der Waals surface area contributed by atoms with E-state index >= 15 is 0 Å². The zero-order valence-corrected chi connectivity index (χ0v) is 17.0. The molecule has 0 saturated carbocycles. The molecule has 0 spiro atoms. The Kier molecular flexibility index (Phi) is 9.71. The molecule has 25 heavy (non-hydrogen) atoms. The molecule has 0 radical (unpaired) electrons. The lowest BCUT2D eigenvalue weighted by Gasteiger charge is -2.26. The first kappa shape index (κ1) is 22.7. The molecule has 0 aliphatic heterocycles. The van der Waals surface area contributed by atoms with Gasteiger partial charge in [-0.2, -0.15) is 0 Å². The Morgan fingerprint density at radius 2 is 1.72 bits per heavy atom. The minimum Gasteiger partial charge on any atom is -0.394 e. The van der Waals surface area contributed by atoms with E-state index in [1.165, 1.54) is 0 Å². The van der Waals surface area contributed by atoms with Crippen LogP contribution in [-0.4, -0.2) is 45.5 Å². The van der Waals surface area contributed by atoms with Crippen molar-refractivity contribution in [3.05, 3.63) is 35.4 Å². The Labute approximate surface area is 165 Å². The smallest absolute Gasteiger partial charge is 0.209 e. The number of aliphatic hydroxyl groups excluding tert-OH is 2. The summed E-state index contributed by atoms with van der Waals surface area (Å²) in [6.45, 7) is 4.34. The highest BCUT2D eigenvalue weighted by Crippen LogP contribution is 2.39. The molecule has 3 N–H and O–H groups in total. The molecule has 0 aliphatic rings. The second-order valence-corrected chi connectivity index (χ2v) is 8.47. The molecule has 0 saturated heterocycles. The summed E-state index contributed by atoms with van der Waals surface area (Å²) in [5, 5.41) is 22.2. The second kappa shape index (κ2) is 10.7. The quantitative estimate of drug-likeness (QED) is 0.310. The van der Waals surface area contributed by atoms with Gasteiger partial charge >= 0.3 is 0 Å². The summed E-state index contributed by atoms with van der Waals surface area (Å²) in [5.41, 5.74) is 0.875. The van der Waals surface area contributed by atoms with E-state index in [1.807, 2.05) is 31.2 Å². The first-order valence-corrected chi connectivity index (χ1v) is 9.62. The minimum atomic E-state index is -1.45. The van der Waals surface area contributed by atoms with Gasteiger partial charge in [0.05, 0.1) is 19.3 Å². The zero-order valence-electron chi connectivity index (χ0n) is 14.7. The van der Waals surface area contributed by atoms with Crippen LogP contribution in [0.15, 0.2) is 29.3 Å². The molecular formula is C18H27Cl3N2O2. The summed E-state index contributed by atoms with van der Waals surface area (Å²) >= 11 is 18.3. The maximum atomic E-state index is 9.44. The number of unbranched alkanes of at least 4 members (excludes halogenated alkanes) is 1. The fourth-order valence-electron chi connectivity index (χ4n) is 2.28. The van der Waals surface area contributed by atoms with E-state index in [1.54, 1.807) is 6.21 Å². The van der Waals surface area contributed by atoms with Gasteiger partial charge in [0.25, 0.3) is 0 Å². The Bertz CT molecular complexity index is 518. The van der Waals surface area contributed by atoms with Crippen molar-refractivity contribution in [2.75, 3.05) is 19.8 Å². The summed E-state index contributed by atoms with van der Waals surface area (Å²) in [7, 11) is 0. The van der Waals surface area contributed by atoms with Gasteiger partial charge in [-0.3, -0.25) is 4.99 Å². The Morgan fingerprint density at radius 1 is 1.12 bits per heavy atom. The number of alkyl halides is 3. The van der Waals surface area contributed by atoms with E-state index in [0.29, 0.717) is 6.42 Å². The first-order valence-electron chi connectivity index (χ1n) is 8.49. The van der Waals surface area contributed by atoms with E-state index in [-0.39, 0.29) is 13.2 Å². The van der Waals surface area contributed by atoms with Crippen molar-refractivity contribution >= 4 is 41.0 Å². The molecular weight excluding hydrogens is 383 g/mol. The highest BCUT2D eigenvalue weighted by atomic mass is 35.6. The van der Waals surface area contributed by atoms with Crippen LogP contribution in [0.3, 0.4) is 0 Å². The van der Waals surface area contributed by atoms with Crippen molar-refractivity contribution in [2.45, 2.75) is 48.5 Å². The van der Waals surface area contributed by atoms with Crippen molar-refractivity contribution in [3.63, 3.8) is 0 Å². The molecule has 0 aromatic heterocycles. The molecule has 4 nitrogen and oxygen atoms in total. The third-order valence-corrected chi connectivity index (χ3v) is 4.86. The summed E-state index contributed by atoms with van der Waals surface area (Å²) < 4.78 is -1.45. The van der Waals surface area contributed by atoms with Crippen molar-refractivity contribution in [3.8, 4) is 0 Å². The molecule has 7 heteroatoms. The molecule has 0 fully saturated rings. The fourth-order valence-corrected chi connectivity index (χ4v) is 2.89. The van der Waals surface area contributed by atoms with Crippen molar-refractivity contribution in [1.29, 1.82) is 0 Å². The molecule has 1 rings (SSSR count). The highest BCUT2D eigenvalue weighted by molar-refractivity contribution is 6.68. The molecule has 0 aliphatic carbocycles. The maximum Gasteiger partial charge on any atom is 0.209 e. The molecule has 142 valence electrons. The third-order valence-electron chi connectivity index (χ3n) is 4.21. The lowest BCUT2D eigenvalue weighted by atomic mass is 9.99. The van der Waals surface area contributed by atoms with Crippen LogP contribution < -0.4 is 5.32 Å². The van der Waals surface area contributed by atoms with E-state index in [2.05, 4.69) is 17.2 Å². The Balaban J connectivity index is 2.92. The SMILES string of the molecule is CCCCNC(c1ccc(C=NC(CC)(CO)CO)cc1)C(Cl)(Cl)Cl. The summed E-state index contributed by atoms with van der Waals surface area (Å²) in [6, 6.07) is 7.12. The molecule has 1 aromatic carbocycles. The Morgan fingerprint density at radius 3 is 2.16 bits per heavy atom. The molecule has 1 unspecified atom stereocenters. The van der Waals surface area contributed by atoms with Crippen molar-refractivity contribution < 1.29 is 10.2 Å². The summed E-state index contributed by atoms with van der Waals surface area (Å²) in [6.07, 6.45) is 4.26. The molecule has 0 amide bonds. The topological polar surface area (TPSA) is 64.9 Å². The standard InChI is InChI=1S/C18H27Cl3N2O2/c1-3-5-10-22-16(18(19,20)21)15-8-6-14(7-9-15)11-23-17(4-2,12-24)13-25/h6-9,11,16,22,24-25H,3-5,10,12-13H2,1-2H3. The van der Waals surface area contributed by atoms with Gasteiger partial charge in [0, 0.05) is 6.21 Å². The van der Waals surface area contributed by atoms with Gasteiger partial charge in [0.2, 0.25) is 3.79 Å². The summed E-state index contributed by atoms with van der Waals surface area (Å²) in [4.78, 5) is 4.35. The second-order valence-electron chi connectivity index (χ2n) is 6.10. The number of halogens is 3. The highest BCUT2D eigenvalue weighted by Gasteiger charge is 2.33. The van der Waals surface area contributed by atoms with Crippen LogP contribution >= 0.6 is 34.8 Å².